The van der Waals surface area contributed by atoms with E-state index < -0.39 is 30.5 Å². The Hall–Kier alpha value is -1.57. The number of aliphatic hydroxyl groups is 1. The summed E-state index contributed by atoms with van der Waals surface area (Å²) in [5.74, 6) is 0. The van der Waals surface area contributed by atoms with Crippen LogP contribution in [0.3, 0.4) is 0 Å². The molecule has 126 valence electrons. The maximum Gasteiger partial charge on any atom is 0.494 e. The van der Waals surface area contributed by atoms with Crippen LogP contribution in [0.1, 0.15) is 45.7 Å². The quantitative estimate of drug-likeness (QED) is 0.718. The van der Waals surface area contributed by atoms with Crippen molar-refractivity contribution in [3.8, 4) is 0 Å². The number of aliphatic hydroxyl groups excluding tert-OH is 1. The van der Waals surface area contributed by atoms with Crippen LogP contribution in [0.15, 0.2) is 24.3 Å². The molecule has 1 heterocycles. The van der Waals surface area contributed by atoms with Crippen LogP contribution in [-0.2, 0) is 9.31 Å². The Morgan fingerprint density at radius 3 is 2.39 bits per heavy atom. The summed E-state index contributed by atoms with van der Waals surface area (Å²) >= 11 is 0. The Bertz CT molecular complexity index is 559. The smallest absolute Gasteiger partial charge is 0.465 e. The first-order chi connectivity index (χ1) is 10.7. The van der Waals surface area contributed by atoms with Gasteiger partial charge in [0.25, 0.3) is 0 Å². The predicted molar refractivity (Wildman–Crippen MR) is 87.8 cm³/mol. The van der Waals surface area contributed by atoms with E-state index in [4.69, 9.17) is 19.5 Å². The molecule has 1 aromatic carbocycles. The molecule has 0 aliphatic carbocycles. The van der Waals surface area contributed by atoms with Crippen molar-refractivity contribution in [2.75, 3.05) is 6.61 Å². The summed E-state index contributed by atoms with van der Waals surface area (Å²) in [5, 5.41) is 20.5. The summed E-state index contributed by atoms with van der Waals surface area (Å²) in [5.41, 5.74) is 0.736. The zero-order chi connectivity index (χ0) is 17.3. The molecule has 2 rings (SSSR count). The highest BCUT2D eigenvalue weighted by molar-refractivity contribution is 6.62. The molecule has 1 fully saturated rings. The largest absolute Gasteiger partial charge is 0.494 e. The van der Waals surface area contributed by atoms with Gasteiger partial charge in [-0.3, -0.25) is 0 Å². The van der Waals surface area contributed by atoms with E-state index in [1.54, 1.807) is 0 Å². The second kappa shape index (κ2) is 6.51. The van der Waals surface area contributed by atoms with E-state index in [9.17, 15) is 4.79 Å². The highest BCUT2D eigenvalue weighted by atomic mass is 16.7. The predicted octanol–water partition coefficient (Wildman–Crippen LogP) is 1.68. The summed E-state index contributed by atoms with van der Waals surface area (Å²) < 4.78 is 12.0. The van der Waals surface area contributed by atoms with Crippen molar-refractivity contribution >= 4 is 18.7 Å². The minimum absolute atomic E-state index is 0.105. The number of nitrogens with one attached hydrogen (secondary N) is 1. The number of carbonyl (C=O) groups is 1. The van der Waals surface area contributed by atoms with Crippen LogP contribution in [0.2, 0.25) is 0 Å². The van der Waals surface area contributed by atoms with E-state index in [0.29, 0.717) is 6.42 Å². The Labute approximate surface area is 136 Å². The van der Waals surface area contributed by atoms with Crippen LogP contribution in [0.5, 0.6) is 0 Å². The van der Waals surface area contributed by atoms with Crippen LogP contribution in [0, 0.1) is 0 Å². The molecule has 1 unspecified atom stereocenters. The van der Waals surface area contributed by atoms with Gasteiger partial charge in [-0.2, -0.15) is 0 Å². The fourth-order valence-electron chi connectivity index (χ4n) is 2.50. The molecule has 1 saturated heterocycles. The Kier molecular flexibility index (Phi) is 5.03. The van der Waals surface area contributed by atoms with E-state index in [1.807, 2.05) is 52.0 Å². The van der Waals surface area contributed by atoms with Gasteiger partial charge in [-0.1, -0.05) is 24.3 Å². The van der Waals surface area contributed by atoms with E-state index in [-0.39, 0.29) is 6.61 Å². The van der Waals surface area contributed by atoms with Gasteiger partial charge >= 0.3 is 13.2 Å². The SMILES string of the molecule is CC1(C)OB(c2cccc(C(CCO)NC(=O)O)c2)OC1(C)C. The highest BCUT2D eigenvalue weighted by Crippen LogP contribution is 2.36. The monoisotopic (exact) mass is 321 g/mol. The summed E-state index contributed by atoms with van der Waals surface area (Å²) in [6.07, 6.45) is -0.816. The number of hydrogen-bond donors (Lipinski definition) is 3. The third-order valence-corrected chi connectivity index (χ3v) is 4.55. The van der Waals surface area contributed by atoms with Gasteiger partial charge in [-0.25, -0.2) is 4.79 Å². The lowest BCUT2D eigenvalue weighted by molar-refractivity contribution is 0.00578. The lowest BCUT2D eigenvalue weighted by Crippen LogP contribution is -2.41. The second-order valence-corrected chi connectivity index (χ2v) is 6.77. The topological polar surface area (TPSA) is 88.0 Å². The summed E-state index contributed by atoms with van der Waals surface area (Å²) in [6.45, 7) is 7.83. The Balaban J connectivity index is 2.24. The van der Waals surface area contributed by atoms with Gasteiger partial charge in [0.05, 0.1) is 17.2 Å². The van der Waals surface area contributed by atoms with Crippen LogP contribution in [0.4, 0.5) is 4.79 Å². The fourth-order valence-corrected chi connectivity index (χ4v) is 2.50. The van der Waals surface area contributed by atoms with Crippen LogP contribution in [0.25, 0.3) is 0 Å². The second-order valence-electron chi connectivity index (χ2n) is 6.77. The van der Waals surface area contributed by atoms with E-state index in [1.165, 1.54) is 0 Å². The molecular weight excluding hydrogens is 297 g/mol. The molecule has 6 nitrogen and oxygen atoms in total. The summed E-state index contributed by atoms with van der Waals surface area (Å²) in [7, 11) is -0.500. The van der Waals surface area contributed by atoms with Gasteiger partial charge in [0.1, 0.15) is 0 Å². The zero-order valence-electron chi connectivity index (χ0n) is 14.0. The van der Waals surface area contributed by atoms with Crippen LogP contribution < -0.4 is 10.8 Å². The molecule has 0 bridgehead atoms. The molecule has 0 radical (unpaired) electrons. The average Bonchev–Trinajstić information content (AvgIpc) is 2.67. The standard InChI is InChI=1S/C16H24BNO5/c1-15(2)16(3,4)23-17(22-15)12-7-5-6-11(10-12)13(8-9-19)18-14(20)21/h5-7,10,13,18-19H,8-9H2,1-4H3,(H,20,21). The number of carboxylic acid groups (broad SMARTS) is 1. The first kappa shape index (κ1) is 17.8. The first-order valence-electron chi connectivity index (χ1n) is 7.72. The van der Waals surface area contributed by atoms with Gasteiger partial charge in [0, 0.05) is 6.61 Å². The molecule has 1 amide bonds. The molecule has 3 N–H and O–H groups in total. The fraction of sp³-hybridized carbons (Fsp3) is 0.562. The van der Waals surface area contributed by atoms with E-state index in [2.05, 4.69) is 5.32 Å². The minimum Gasteiger partial charge on any atom is -0.465 e. The molecule has 0 saturated carbocycles. The minimum atomic E-state index is -1.12. The van der Waals surface area contributed by atoms with Gasteiger partial charge in [0.15, 0.2) is 0 Å². The van der Waals surface area contributed by atoms with Gasteiger partial charge in [-0.05, 0) is 45.1 Å². The van der Waals surface area contributed by atoms with Gasteiger partial charge in [-0.15, -0.1) is 0 Å². The molecular formula is C16H24BNO5. The van der Waals surface area contributed by atoms with Gasteiger partial charge in [0.2, 0.25) is 0 Å². The Morgan fingerprint density at radius 1 is 1.26 bits per heavy atom. The molecule has 1 aromatic rings. The normalized spacial score (nSPS) is 20.3. The highest BCUT2D eigenvalue weighted by Gasteiger charge is 2.51. The number of benzene rings is 1. The maximum atomic E-state index is 10.9. The first-order valence-corrected chi connectivity index (χ1v) is 7.72. The van der Waals surface area contributed by atoms with Crippen LogP contribution in [-0.4, -0.2) is 41.2 Å². The lowest BCUT2D eigenvalue weighted by atomic mass is 9.78. The average molecular weight is 321 g/mol. The van der Waals surface area contributed by atoms with Crippen molar-refractivity contribution in [3.63, 3.8) is 0 Å². The zero-order valence-corrected chi connectivity index (χ0v) is 14.0. The van der Waals surface area contributed by atoms with E-state index in [0.717, 1.165) is 11.0 Å². The van der Waals surface area contributed by atoms with Crippen LogP contribution >= 0.6 is 0 Å². The van der Waals surface area contributed by atoms with Crippen molar-refractivity contribution in [1.82, 2.24) is 5.32 Å². The van der Waals surface area contributed by atoms with Crippen molar-refractivity contribution in [1.29, 1.82) is 0 Å². The number of hydrogen-bond acceptors (Lipinski definition) is 4. The number of rotatable bonds is 5. The lowest BCUT2D eigenvalue weighted by Gasteiger charge is -2.32. The molecule has 0 spiro atoms. The van der Waals surface area contributed by atoms with Crippen molar-refractivity contribution < 1.29 is 24.3 Å². The maximum absolute atomic E-state index is 10.9. The molecule has 23 heavy (non-hydrogen) atoms. The molecule has 1 atom stereocenters. The summed E-state index contributed by atoms with van der Waals surface area (Å²) in [6, 6.07) is 6.94. The number of amides is 1. The van der Waals surface area contributed by atoms with Crippen molar-refractivity contribution in [3.05, 3.63) is 29.8 Å². The van der Waals surface area contributed by atoms with Crippen molar-refractivity contribution in [2.24, 2.45) is 0 Å². The van der Waals surface area contributed by atoms with Crippen molar-refractivity contribution in [2.45, 2.75) is 51.4 Å². The third-order valence-electron chi connectivity index (χ3n) is 4.55. The Morgan fingerprint density at radius 2 is 1.87 bits per heavy atom. The summed E-state index contributed by atoms with van der Waals surface area (Å²) in [4.78, 5) is 10.9. The molecule has 0 aromatic heterocycles. The molecule has 1 aliphatic rings. The molecule has 7 heteroatoms. The molecule has 1 aliphatic heterocycles. The van der Waals surface area contributed by atoms with Gasteiger partial charge < -0.3 is 24.8 Å². The van der Waals surface area contributed by atoms with E-state index >= 15 is 0 Å². The third kappa shape index (κ3) is 3.86.